The standard InChI is InChI=1S/C18H28FNO/c1-12(2)20-11-14-9-8-13(3)10-16(14)15-6-5-7-17(21-4)18(15)19/h5-7,12-14,16,20H,8-11H2,1-4H3. The van der Waals surface area contributed by atoms with E-state index in [-0.39, 0.29) is 11.7 Å². The summed E-state index contributed by atoms with van der Waals surface area (Å²) in [5.41, 5.74) is 0.830. The van der Waals surface area contributed by atoms with Gasteiger partial charge in [-0.25, -0.2) is 4.39 Å². The van der Waals surface area contributed by atoms with Gasteiger partial charge in [0, 0.05) is 6.04 Å². The quantitative estimate of drug-likeness (QED) is 0.871. The van der Waals surface area contributed by atoms with Gasteiger partial charge in [0.2, 0.25) is 0 Å². The highest BCUT2D eigenvalue weighted by Crippen LogP contribution is 2.42. The molecular formula is C18H28FNO. The lowest BCUT2D eigenvalue weighted by molar-refractivity contribution is 0.233. The summed E-state index contributed by atoms with van der Waals surface area (Å²) in [6.45, 7) is 7.56. The molecule has 1 saturated carbocycles. The number of benzene rings is 1. The number of rotatable bonds is 5. The van der Waals surface area contributed by atoms with Crippen LogP contribution in [0.5, 0.6) is 5.75 Å². The summed E-state index contributed by atoms with van der Waals surface area (Å²) in [6, 6.07) is 6.01. The van der Waals surface area contributed by atoms with E-state index < -0.39 is 0 Å². The van der Waals surface area contributed by atoms with Gasteiger partial charge in [-0.2, -0.15) is 0 Å². The minimum atomic E-state index is -0.173. The molecular weight excluding hydrogens is 265 g/mol. The van der Waals surface area contributed by atoms with Crippen LogP contribution >= 0.6 is 0 Å². The highest BCUT2D eigenvalue weighted by molar-refractivity contribution is 5.34. The van der Waals surface area contributed by atoms with Crippen LogP contribution in [0.2, 0.25) is 0 Å². The first-order valence-electron chi connectivity index (χ1n) is 8.08. The van der Waals surface area contributed by atoms with Gasteiger partial charge < -0.3 is 10.1 Å². The van der Waals surface area contributed by atoms with Gasteiger partial charge in [-0.05, 0) is 48.8 Å². The minimum Gasteiger partial charge on any atom is -0.494 e. The molecule has 2 nitrogen and oxygen atoms in total. The Morgan fingerprint density at radius 3 is 2.76 bits per heavy atom. The van der Waals surface area contributed by atoms with Crippen molar-refractivity contribution in [3.63, 3.8) is 0 Å². The molecule has 21 heavy (non-hydrogen) atoms. The zero-order valence-corrected chi connectivity index (χ0v) is 13.7. The second-order valence-electron chi connectivity index (χ2n) is 6.71. The van der Waals surface area contributed by atoms with E-state index in [4.69, 9.17) is 4.74 Å². The predicted octanol–water partition coefficient (Wildman–Crippen LogP) is 4.35. The Hall–Kier alpha value is -1.09. The topological polar surface area (TPSA) is 21.3 Å². The monoisotopic (exact) mass is 293 g/mol. The third-order valence-corrected chi connectivity index (χ3v) is 4.66. The molecule has 1 aliphatic rings. The Balaban J connectivity index is 2.23. The summed E-state index contributed by atoms with van der Waals surface area (Å²) in [5, 5.41) is 3.52. The Labute approximate surface area is 128 Å². The van der Waals surface area contributed by atoms with Crippen LogP contribution in [0.25, 0.3) is 0 Å². The smallest absolute Gasteiger partial charge is 0.168 e. The van der Waals surface area contributed by atoms with E-state index >= 15 is 0 Å². The van der Waals surface area contributed by atoms with Crippen molar-refractivity contribution in [2.75, 3.05) is 13.7 Å². The van der Waals surface area contributed by atoms with Crippen LogP contribution < -0.4 is 10.1 Å². The van der Waals surface area contributed by atoms with E-state index in [0.29, 0.717) is 23.6 Å². The fourth-order valence-electron chi connectivity index (χ4n) is 3.43. The SMILES string of the molecule is COc1cccc(C2CC(C)CCC2CNC(C)C)c1F. The summed E-state index contributed by atoms with van der Waals surface area (Å²) in [7, 11) is 1.53. The Bertz CT molecular complexity index is 461. The first kappa shape index (κ1) is 16.3. The van der Waals surface area contributed by atoms with Gasteiger partial charge in [-0.1, -0.05) is 39.3 Å². The van der Waals surface area contributed by atoms with E-state index in [1.54, 1.807) is 6.07 Å². The van der Waals surface area contributed by atoms with Crippen molar-refractivity contribution in [2.24, 2.45) is 11.8 Å². The molecule has 0 saturated heterocycles. The number of halogens is 1. The number of hydrogen-bond acceptors (Lipinski definition) is 2. The summed E-state index contributed by atoms with van der Waals surface area (Å²) >= 11 is 0. The van der Waals surface area contributed by atoms with Crippen molar-refractivity contribution in [1.29, 1.82) is 0 Å². The average molecular weight is 293 g/mol. The van der Waals surface area contributed by atoms with Gasteiger partial charge in [0.25, 0.3) is 0 Å². The van der Waals surface area contributed by atoms with E-state index in [1.165, 1.54) is 20.0 Å². The van der Waals surface area contributed by atoms with E-state index in [2.05, 4.69) is 26.1 Å². The maximum absolute atomic E-state index is 14.6. The van der Waals surface area contributed by atoms with Crippen LogP contribution in [0, 0.1) is 17.7 Å². The van der Waals surface area contributed by atoms with Gasteiger partial charge >= 0.3 is 0 Å². The normalized spacial score (nSPS) is 26.1. The third-order valence-electron chi connectivity index (χ3n) is 4.66. The lowest BCUT2D eigenvalue weighted by Crippen LogP contribution is -2.35. The second-order valence-corrected chi connectivity index (χ2v) is 6.71. The molecule has 0 spiro atoms. The molecule has 1 aromatic rings. The average Bonchev–Trinajstić information content (AvgIpc) is 2.46. The molecule has 0 heterocycles. The number of ether oxygens (including phenoxy) is 1. The largest absolute Gasteiger partial charge is 0.494 e. The van der Waals surface area contributed by atoms with Gasteiger partial charge in [0.15, 0.2) is 11.6 Å². The zero-order chi connectivity index (χ0) is 15.4. The Morgan fingerprint density at radius 1 is 1.33 bits per heavy atom. The first-order valence-corrected chi connectivity index (χ1v) is 8.08. The lowest BCUT2D eigenvalue weighted by atomic mass is 9.71. The molecule has 3 unspecified atom stereocenters. The number of hydrogen-bond donors (Lipinski definition) is 1. The number of nitrogens with one attached hydrogen (secondary N) is 1. The maximum atomic E-state index is 14.6. The van der Waals surface area contributed by atoms with Crippen LogP contribution in [0.15, 0.2) is 18.2 Å². The first-order chi connectivity index (χ1) is 10.0. The van der Waals surface area contributed by atoms with E-state index in [9.17, 15) is 4.39 Å². The Kier molecular flexibility index (Phi) is 5.63. The predicted molar refractivity (Wildman–Crippen MR) is 85.3 cm³/mol. The molecule has 3 atom stereocenters. The van der Waals surface area contributed by atoms with Crippen LogP contribution in [-0.4, -0.2) is 19.7 Å². The molecule has 0 amide bonds. The maximum Gasteiger partial charge on any atom is 0.168 e. The highest BCUT2D eigenvalue weighted by Gasteiger charge is 2.32. The molecule has 3 heteroatoms. The van der Waals surface area contributed by atoms with Gasteiger partial charge in [-0.15, -0.1) is 0 Å². The highest BCUT2D eigenvalue weighted by atomic mass is 19.1. The minimum absolute atomic E-state index is 0.173. The molecule has 1 aliphatic carbocycles. The summed E-state index contributed by atoms with van der Waals surface area (Å²) in [4.78, 5) is 0. The third kappa shape index (κ3) is 3.97. The van der Waals surface area contributed by atoms with Crippen LogP contribution in [-0.2, 0) is 0 Å². The van der Waals surface area contributed by atoms with Gasteiger partial charge in [0.1, 0.15) is 0 Å². The molecule has 0 aliphatic heterocycles. The zero-order valence-electron chi connectivity index (χ0n) is 13.7. The van der Waals surface area contributed by atoms with Crippen LogP contribution in [0.3, 0.4) is 0 Å². The fraction of sp³-hybridized carbons (Fsp3) is 0.667. The molecule has 118 valence electrons. The van der Waals surface area contributed by atoms with E-state index in [1.807, 2.05) is 12.1 Å². The van der Waals surface area contributed by atoms with Crippen molar-refractivity contribution in [3.8, 4) is 5.75 Å². The second kappa shape index (κ2) is 7.26. The van der Waals surface area contributed by atoms with Crippen molar-refractivity contribution in [3.05, 3.63) is 29.6 Å². The molecule has 1 fully saturated rings. The van der Waals surface area contributed by atoms with Crippen LogP contribution in [0.1, 0.15) is 51.5 Å². The van der Waals surface area contributed by atoms with Crippen molar-refractivity contribution >= 4 is 0 Å². The van der Waals surface area contributed by atoms with Gasteiger partial charge in [0.05, 0.1) is 7.11 Å². The summed E-state index contributed by atoms with van der Waals surface area (Å²) in [5.74, 6) is 1.64. The fourth-order valence-corrected chi connectivity index (χ4v) is 3.43. The summed E-state index contributed by atoms with van der Waals surface area (Å²) in [6.07, 6.45) is 3.48. The van der Waals surface area contributed by atoms with Crippen molar-refractivity contribution in [1.82, 2.24) is 5.32 Å². The molecule has 1 aromatic carbocycles. The number of methoxy groups -OCH3 is 1. The summed E-state index contributed by atoms with van der Waals surface area (Å²) < 4.78 is 19.8. The van der Waals surface area contributed by atoms with Crippen molar-refractivity contribution < 1.29 is 9.13 Å². The molecule has 2 rings (SSSR count). The van der Waals surface area contributed by atoms with Crippen LogP contribution in [0.4, 0.5) is 4.39 Å². The molecule has 0 bridgehead atoms. The Morgan fingerprint density at radius 2 is 2.10 bits per heavy atom. The lowest BCUT2D eigenvalue weighted by Gasteiger charge is -2.36. The van der Waals surface area contributed by atoms with Gasteiger partial charge in [-0.3, -0.25) is 0 Å². The van der Waals surface area contributed by atoms with E-state index in [0.717, 1.165) is 18.5 Å². The molecule has 0 radical (unpaired) electrons. The molecule has 0 aromatic heterocycles. The molecule has 1 N–H and O–H groups in total. The van der Waals surface area contributed by atoms with Crippen molar-refractivity contribution in [2.45, 2.75) is 52.0 Å².